The number of nitrogen functional groups attached to an aromatic ring is 1. The monoisotopic (exact) mass is 660 g/mol. The molecular formula is C30H41N6O9P. The number of nitrogens with one attached hydrogen (secondary N) is 2. The van der Waals surface area contributed by atoms with Gasteiger partial charge in [0.25, 0.3) is 0 Å². The maximum absolute atomic E-state index is 14.2. The van der Waals surface area contributed by atoms with Gasteiger partial charge in [-0.05, 0) is 45.0 Å². The maximum Gasteiger partial charge on any atom is 0.342 e. The van der Waals surface area contributed by atoms with Crippen molar-refractivity contribution in [1.29, 1.82) is 0 Å². The van der Waals surface area contributed by atoms with E-state index in [1.54, 1.807) is 43.3 Å². The molecule has 0 aliphatic carbocycles. The Bertz CT molecular complexity index is 1600. The highest BCUT2D eigenvalue weighted by Gasteiger charge is 2.30. The zero-order valence-electron chi connectivity index (χ0n) is 26.3. The number of benzene rings is 2. The van der Waals surface area contributed by atoms with Crippen LogP contribution < -0.4 is 30.5 Å². The van der Waals surface area contributed by atoms with Crippen LogP contribution in [0.3, 0.4) is 0 Å². The first-order chi connectivity index (χ1) is 22.2. The van der Waals surface area contributed by atoms with E-state index < -0.39 is 25.4 Å². The molecule has 0 aliphatic heterocycles. The molecule has 4 rings (SSSR count). The number of rotatable bonds is 20. The maximum atomic E-state index is 14.2. The molecule has 2 heterocycles. The Balaban J connectivity index is 1.58. The second-order valence-electron chi connectivity index (χ2n) is 10.6. The minimum Gasteiger partial charge on any atom is -0.491 e. The van der Waals surface area contributed by atoms with Crippen molar-refractivity contribution in [2.24, 2.45) is 0 Å². The minimum absolute atomic E-state index is 0.00683. The fourth-order valence-electron chi connectivity index (χ4n) is 4.14. The zero-order chi connectivity index (χ0) is 32.9. The molecule has 16 heteroatoms. The Hall–Kier alpha value is -3.98. The van der Waals surface area contributed by atoms with Gasteiger partial charge in [0.15, 0.2) is 11.5 Å². The number of nitrogens with zero attached hydrogens (tertiary/aromatic N) is 3. The topological polar surface area (TPSA) is 183 Å². The van der Waals surface area contributed by atoms with E-state index in [0.29, 0.717) is 18.1 Å². The van der Waals surface area contributed by atoms with Crippen molar-refractivity contribution < 1.29 is 37.8 Å². The molecule has 0 amide bonds. The molecule has 0 bridgehead atoms. The van der Waals surface area contributed by atoms with E-state index in [9.17, 15) is 9.36 Å². The normalized spacial score (nSPS) is 14.2. The molecule has 2 aromatic carbocycles. The van der Waals surface area contributed by atoms with Crippen LogP contribution in [-0.4, -0.2) is 77.7 Å². The number of hydrogen-bond donors (Lipinski definition) is 3. The van der Waals surface area contributed by atoms with Gasteiger partial charge in [0.05, 0.1) is 25.9 Å². The van der Waals surface area contributed by atoms with Gasteiger partial charge in [0.1, 0.15) is 42.7 Å². The molecule has 0 radical (unpaired) electrons. The Kier molecular flexibility index (Phi) is 13.0. The molecule has 3 atom stereocenters. The lowest BCUT2D eigenvalue weighted by Gasteiger charge is -2.26. The predicted molar refractivity (Wildman–Crippen MR) is 171 cm³/mol. The van der Waals surface area contributed by atoms with Crippen LogP contribution in [0.4, 0.5) is 5.82 Å². The number of fused-ring (bicyclic) bond motifs is 1. The number of H-pyrrole nitrogens is 1. The standard InChI is InChI=1S/C30H41N6O9P/c1-21(2)44-43-18-22(3)35-46(38,45-24-13-9-6-10-14-24)20-42-25(19-41-23-11-7-5-8-12-23)17-36-28-26(32-30(36)37)27(31)33-29(34-28)40-16-15-39-4/h5-14,21-22,25H,15-20H2,1-4H3,(H,32,37)(H,35,38)(H2,31,33,34). The third kappa shape index (κ3) is 10.5. The van der Waals surface area contributed by atoms with E-state index in [2.05, 4.69) is 20.0 Å². The van der Waals surface area contributed by atoms with Gasteiger partial charge in [-0.3, -0.25) is 9.13 Å². The summed E-state index contributed by atoms with van der Waals surface area (Å²) >= 11 is 0. The number of anilines is 1. The van der Waals surface area contributed by atoms with Gasteiger partial charge >= 0.3 is 19.2 Å². The summed E-state index contributed by atoms with van der Waals surface area (Å²) in [5.74, 6) is 1.00. The van der Waals surface area contributed by atoms with Gasteiger partial charge in [-0.25, -0.2) is 19.7 Å². The summed E-state index contributed by atoms with van der Waals surface area (Å²) in [6, 6.07) is 17.4. The van der Waals surface area contributed by atoms with Crippen LogP contribution in [-0.2, 0) is 30.4 Å². The molecule has 0 saturated carbocycles. The molecule has 4 N–H and O–H groups in total. The lowest BCUT2D eigenvalue weighted by atomic mass is 10.3. The predicted octanol–water partition coefficient (Wildman–Crippen LogP) is 3.76. The SMILES string of the molecule is COCCOc1nc(N)c2[nH]c(=O)n(CC(COc3ccccc3)OCP(=O)(NC(C)COOC(C)C)Oc3ccccc3)c2n1. The van der Waals surface area contributed by atoms with Crippen LogP contribution in [0.1, 0.15) is 20.8 Å². The first-order valence-corrected chi connectivity index (χ1v) is 16.5. The Morgan fingerprint density at radius 2 is 1.65 bits per heavy atom. The number of ether oxygens (including phenoxy) is 4. The minimum atomic E-state index is -3.73. The molecule has 2 aromatic heterocycles. The molecule has 0 fully saturated rings. The summed E-state index contributed by atoms with van der Waals surface area (Å²) in [5, 5.41) is 3.01. The van der Waals surface area contributed by atoms with Crippen LogP contribution in [0, 0.1) is 0 Å². The number of para-hydroxylation sites is 2. The quantitative estimate of drug-likeness (QED) is 0.0540. The first-order valence-electron chi connectivity index (χ1n) is 14.7. The van der Waals surface area contributed by atoms with Crippen LogP contribution in [0.2, 0.25) is 0 Å². The molecule has 0 spiro atoms. The number of hydrogen-bond acceptors (Lipinski definition) is 12. The zero-order valence-corrected chi connectivity index (χ0v) is 27.2. The Morgan fingerprint density at radius 3 is 2.33 bits per heavy atom. The van der Waals surface area contributed by atoms with E-state index in [1.165, 1.54) is 11.7 Å². The third-order valence-corrected chi connectivity index (χ3v) is 8.01. The van der Waals surface area contributed by atoms with Crippen molar-refractivity contribution in [2.75, 3.05) is 45.6 Å². The van der Waals surface area contributed by atoms with Gasteiger partial charge in [-0.15, -0.1) is 0 Å². The highest BCUT2D eigenvalue weighted by Crippen LogP contribution is 2.44. The largest absolute Gasteiger partial charge is 0.491 e. The van der Waals surface area contributed by atoms with Crippen LogP contribution >= 0.6 is 7.52 Å². The van der Waals surface area contributed by atoms with Crippen molar-refractivity contribution in [3.8, 4) is 17.5 Å². The van der Waals surface area contributed by atoms with Crippen molar-refractivity contribution in [2.45, 2.75) is 45.6 Å². The number of aromatic nitrogens is 4. The summed E-state index contributed by atoms with van der Waals surface area (Å²) in [7, 11) is -2.19. The highest BCUT2D eigenvalue weighted by atomic mass is 31.2. The molecule has 0 saturated heterocycles. The van der Waals surface area contributed by atoms with E-state index in [4.69, 9.17) is 39.0 Å². The van der Waals surface area contributed by atoms with E-state index >= 15 is 0 Å². The summed E-state index contributed by atoms with van der Waals surface area (Å²) < 4.78 is 44.3. The lowest BCUT2D eigenvalue weighted by molar-refractivity contribution is -0.318. The Morgan fingerprint density at radius 1 is 0.957 bits per heavy atom. The molecule has 4 aromatic rings. The molecule has 0 aliphatic rings. The molecule has 250 valence electrons. The lowest BCUT2D eigenvalue weighted by Crippen LogP contribution is -2.35. The third-order valence-electron chi connectivity index (χ3n) is 6.19. The second-order valence-corrected chi connectivity index (χ2v) is 12.6. The molecule has 46 heavy (non-hydrogen) atoms. The molecule has 3 unspecified atom stereocenters. The highest BCUT2D eigenvalue weighted by molar-refractivity contribution is 7.57. The van der Waals surface area contributed by atoms with Crippen molar-refractivity contribution in [3.63, 3.8) is 0 Å². The number of nitrogens with two attached hydrogens (primary N) is 1. The fourth-order valence-corrected chi connectivity index (χ4v) is 5.94. The average molecular weight is 661 g/mol. The van der Waals surface area contributed by atoms with Crippen molar-refractivity contribution in [1.82, 2.24) is 24.6 Å². The van der Waals surface area contributed by atoms with Crippen molar-refractivity contribution in [3.05, 3.63) is 71.1 Å². The summed E-state index contributed by atoms with van der Waals surface area (Å²) in [5.41, 5.74) is 6.05. The second kappa shape index (κ2) is 17.1. The van der Waals surface area contributed by atoms with E-state index in [-0.39, 0.29) is 61.8 Å². The van der Waals surface area contributed by atoms with Crippen LogP contribution in [0.25, 0.3) is 11.2 Å². The number of imidazole rings is 1. The van der Waals surface area contributed by atoms with Crippen LogP contribution in [0.15, 0.2) is 65.5 Å². The fraction of sp³-hybridized carbons (Fsp3) is 0.433. The summed E-state index contributed by atoms with van der Waals surface area (Å²) in [4.78, 5) is 34.8. The molecule has 15 nitrogen and oxygen atoms in total. The van der Waals surface area contributed by atoms with Gasteiger partial charge < -0.3 is 34.2 Å². The molecular weight excluding hydrogens is 619 g/mol. The van der Waals surface area contributed by atoms with E-state index in [1.807, 2.05) is 38.1 Å². The van der Waals surface area contributed by atoms with Gasteiger partial charge in [-0.1, -0.05) is 36.4 Å². The number of methoxy groups -OCH3 is 1. The Labute approximate surface area is 266 Å². The van der Waals surface area contributed by atoms with Gasteiger partial charge in [-0.2, -0.15) is 9.97 Å². The van der Waals surface area contributed by atoms with Gasteiger partial charge in [0, 0.05) is 13.2 Å². The summed E-state index contributed by atoms with van der Waals surface area (Å²) in [6.07, 6.45) is -1.33. The first kappa shape index (κ1) is 34.9. The summed E-state index contributed by atoms with van der Waals surface area (Å²) in [6.45, 7) is 5.98. The number of aromatic amines is 1. The van der Waals surface area contributed by atoms with Gasteiger partial charge in [0.2, 0.25) is 0 Å². The average Bonchev–Trinajstić information content (AvgIpc) is 3.34. The van der Waals surface area contributed by atoms with Crippen LogP contribution in [0.5, 0.6) is 17.5 Å². The van der Waals surface area contributed by atoms with Crippen molar-refractivity contribution >= 4 is 24.5 Å². The van der Waals surface area contributed by atoms with E-state index in [0.717, 1.165) is 0 Å². The smallest absolute Gasteiger partial charge is 0.342 e.